The number of nitrogen functional groups attached to an aromatic ring is 2. The lowest BCUT2D eigenvalue weighted by atomic mass is 10.3. The van der Waals surface area contributed by atoms with E-state index in [1.165, 1.54) is 12.4 Å². The van der Waals surface area contributed by atoms with Crippen molar-refractivity contribution in [3.05, 3.63) is 12.4 Å². The maximum Gasteiger partial charge on any atom is 0.307 e. The van der Waals surface area contributed by atoms with Gasteiger partial charge in [0.25, 0.3) is 0 Å². The Labute approximate surface area is 103 Å². The summed E-state index contributed by atoms with van der Waals surface area (Å²) in [6, 6.07) is 0. The third-order valence-corrected chi connectivity index (χ3v) is 3.84. The van der Waals surface area contributed by atoms with Crippen molar-refractivity contribution in [3.8, 4) is 0 Å². The summed E-state index contributed by atoms with van der Waals surface area (Å²) in [4.78, 5) is 16.5. The summed E-state index contributed by atoms with van der Waals surface area (Å²) in [5.41, 5.74) is 11.7. The molecule has 1 aromatic heterocycles. The molecule has 1 unspecified atom stereocenters. The van der Waals surface area contributed by atoms with Crippen LogP contribution in [-0.4, -0.2) is 31.1 Å². The van der Waals surface area contributed by atoms with Gasteiger partial charge in [-0.15, -0.1) is 3.89 Å². The van der Waals surface area contributed by atoms with E-state index in [0.717, 1.165) is 4.90 Å². The summed E-state index contributed by atoms with van der Waals surface area (Å²) < 4.78 is 34.5. The highest BCUT2D eigenvalue weighted by Crippen LogP contribution is 2.33. The van der Waals surface area contributed by atoms with Crippen LogP contribution in [0.15, 0.2) is 12.4 Å². The molecule has 1 atom stereocenters. The molecule has 9 heteroatoms. The van der Waals surface area contributed by atoms with Crippen molar-refractivity contribution in [2.45, 2.75) is 11.7 Å². The highest BCUT2D eigenvalue weighted by Gasteiger charge is 2.40. The van der Waals surface area contributed by atoms with Gasteiger partial charge in [0, 0.05) is 13.0 Å². The minimum atomic E-state index is -4.76. The zero-order chi connectivity index (χ0) is 13.5. The zero-order valence-electron chi connectivity index (χ0n) is 9.21. The molecule has 7 nitrogen and oxygen atoms in total. The van der Waals surface area contributed by atoms with Crippen LogP contribution in [0.2, 0.25) is 0 Å². The van der Waals surface area contributed by atoms with Crippen LogP contribution in [0, 0.1) is 0 Å². The quantitative estimate of drug-likeness (QED) is 0.711. The van der Waals surface area contributed by atoms with E-state index in [4.69, 9.17) is 11.5 Å². The Balaban J connectivity index is 2.39. The number of amides is 1. The molecule has 1 amide bonds. The molecule has 0 radical (unpaired) electrons. The number of nitrogens with zero attached hydrogens (tertiary/aromatic N) is 2. The standard InChI is InChI=1S/C9H11FN4O3S/c10-18(16,17)5-1-8(15)14(4-5)9-6(11)2-13-3-7(9)12/h2-3,5H,1,4,11-12H2. The average Bonchev–Trinajstić information content (AvgIpc) is 2.60. The van der Waals surface area contributed by atoms with Gasteiger partial charge in [-0.2, -0.15) is 8.42 Å². The Morgan fingerprint density at radius 1 is 1.33 bits per heavy atom. The summed E-state index contributed by atoms with van der Waals surface area (Å²) in [6.45, 7) is -0.296. The number of pyridine rings is 1. The fraction of sp³-hybridized carbons (Fsp3) is 0.333. The van der Waals surface area contributed by atoms with E-state index in [1.807, 2.05) is 0 Å². The number of nitrogens with two attached hydrogens (primary N) is 2. The number of hydrogen-bond acceptors (Lipinski definition) is 6. The summed E-state index contributed by atoms with van der Waals surface area (Å²) in [5.74, 6) is -0.536. The second-order valence-electron chi connectivity index (χ2n) is 3.97. The van der Waals surface area contributed by atoms with Crippen molar-refractivity contribution in [2.75, 3.05) is 22.9 Å². The number of carbonyl (C=O) groups excluding carboxylic acids is 1. The van der Waals surface area contributed by atoms with Gasteiger partial charge in [0.05, 0.1) is 29.5 Å². The van der Waals surface area contributed by atoms with E-state index in [2.05, 4.69) is 4.98 Å². The molecule has 0 saturated carbocycles. The van der Waals surface area contributed by atoms with Crippen LogP contribution in [0.25, 0.3) is 0 Å². The van der Waals surface area contributed by atoms with Crippen LogP contribution in [0.1, 0.15) is 6.42 Å². The lowest BCUT2D eigenvalue weighted by Crippen LogP contribution is -2.28. The van der Waals surface area contributed by atoms with E-state index in [9.17, 15) is 17.1 Å². The zero-order valence-corrected chi connectivity index (χ0v) is 10.0. The Morgan fingerprint density at radius 2 is 1.89 bits per heavy atom. The van der Waals surface area contributed by atoms with Gasteiger partial charge in [-0.1, -0.05) is 0 Å². The van der Waals surface area contributed by atoms with Crippen molar-refractivity contribution >= 4 is 33.2 Å². The topological polar surface area (TPSA) is 119 Å². The molecule has 0 spiro atoms. The maximum atomic E-state index is 12.9. The van der Waals surface area contributed by atoms with Crippen molar-refractivity contribution in [1.82, 2.24) is 4.98 Å². The summed E-state index contributed by atoms with van der Waals surface area (Å²) in [7, 11) is -4.76. The molecule has 1 saturated heterocycles. The first-order valence-electron chi connectivity index (χ1n) is 5.03. The fourth-order valence-electron chi connectivity index (χ4n) is 1.88. The first-order valence-corrected chi connectivity index (χ1v) is 6.48. The second kappa shape index (κ2) is 4.09. The van der Waals surface area contributed by atoms with Gasteiger partial charge in [-0.05, 0) is 0 Å². The first kappa shape index (κ1) is 12.6. The predicted molar refractivity (Wildman–Crippen MR) is 63.8 cm³/mol. The van der Waals surface area contributed by atoms with Gasteiger partial charge in [0.1, 0.15) is 5.25 Å². The molecular formula is C9H11FN4O3S. The Hall–Kier alpha value is -1.90. The molecule has 1 aliphatic rings. The number of hydrogen-bond donors (Lipinski definition) is 2. The van der Waals surface area contributed by atoms with Crippen LogP contribution in [0.3, 0.4) is 0 Å². The van der Waals surface area contributed by atoms with Crippen LogP contribution in [0.5, 0.6) is 0 Å². The van der Waals surface area contributed by atoms with Crippen LogP contribution < -0.4 is 16.4 Å². The molecular weight excluding hydrogens is 263 g/mol. The van der Waals surface area contributed by atoms with E-state index in [-0.39, 0.29) is 23.6 Å². The lowest BCUT2D eigenvalue weighted by molar-refractivity contribution is -0.117. The molecule has 0 aliphatic carbocycles. The molecule has 2 rings (SSSR count). The summed E-state index contributed by atoms with van der Waals surface area (Å²) in [5, 5.41) is -1.38. The Kier molecular flexibility index (Phi) is 2.85. The molecule has 2 heterocycles. The van der Waals surface area contributed by atoms with Gasteiger partial charge in [0.2, 0.25) is 5.91 Å². The molecule has 0 bridgehead atoms. The van der Waals surface area contributed by atoms with Crippen LogP contribution in [-0.2, 0) is 15.0 Å². The molecule has 1 fully saturated rings. The minimum Gasteiger partial charge on any atom is -0.396 e. The predicted octanol–water partition coefficient (Wildman–Crippen LogP) is -0.349. The Morgan fingerprint density at radius 3 is 2.33 bits per heavy atom. The van der Waals surface area contributed by atoms with E-state index < -0.39 is 27.8 Å². The normalized spacial score (nSPS) is 20.4. The van der Waals surface area contributed by atoms with Gasteiger partial charge in [-0.25, -0.2) is 0 Å². The maximum absolute atomic E-state index is 12.9. The fourth-order valence-corrected chi connectivity index (χ4v) is 2.55. The average molecular weight is 274 g/mol. The molecule has 98 valence electrons. The number of rotatable bonds is 2. The molecule has 1 aliphatic heterocycles. The number of carbonyl (C=O) groups is 1. The van der Waals surface area contributed by atoms with Crippen LogP contribution in [0.4, 0.5) is 20.9 Å². The Bertz CT molecular complexity index is 584. The number of halogens is 1. The van der Waals surface area contributed by atoms with Crippen molar-refractivity contribution in [3.63, 3.8) is 0 Å². The first-order chi connectivity index (χ1) is 8.30. The molecule has 18 heavy (non-hydrogen) atoms. The van der Waals surface area contributed by atoms with Crippen LogP contribution >= 0.6 is 0 Å². The van der Waals surface area contributed by atoms with Gasteiger partial charge in [0.15, 0.2) is 0 Å². The van der Waals surface area contributed by atoms with Crippen molar-refractivity contribution in [1.29, 1.82) is 0 Å². The largest absolute Gasteiger partial charge is 0.396 e. The third-order valence-electron chi connectivity index (χ3n) is 2.73. The number of anilines is 3. The minimum absolute atomic E-state index is 0.139. The lowest BCUT2D eigenvalue weighted by Gasteiger charge is -2.19. The van der Waals surface area contributed by atoms with Crippen molar-refractivity contribution in [2.24, 2.45) is 0 Å². The summed E-state index contributed by atoms with van der Waals surface area (Å²) in [6.07, 6.45) is 2.16. The van der Waals surface area contributed by atoms with E-state index in [1.54, 1.807) is 0 Å². The third kappa shape index (κ3) is 2.08. The van der Waals surface area contributed by atoms with Gasteiger partial charge >= 0.3 is 10.2 Å². The molecule has 1 aromatic rings. The monoisotopic (exact) mass is 274 g/mol. The highest BCUT2D eigenvalue weighted by molar-refractivity contribution is 7.87. The van der Waals surface area contributed by atoms with Gasteiger partial charge < -0.3 is 16.4 Å². The van der Waals surface area contributed by atoms with Gasteiger partial charge in [-0.3, -0.25) is 9.78 Å². The summed E-state index contributed by atoms with van der Waals surface area (Å²) >= 11 is 0. The molecule has 0 aromatic carbocycles. The highest BCUT2D eigenvalue weighted by atomic mass is 32.3. The SMILES string of the molecule is Nc1cncc(N)c1N1CC(S(=O)(=O)F)CC1=O. The van der Waals surface area contributed by atoms with E-state index in [0.29, 0.717) is 0 Å². The van der Waals surface area contributed by atoms with Crippen molar-refractivity contribution < 1.29 is 17.1 Å². The van der Waals surface area contributed by atoms with E-state index >= 15 is 0 Å². The molecule has 4 N–H and O–H groups in total. The smallest absolute Gasteiger partial charge is 0.307 e. The second-order valence-corrected chi connectivity index (χ2v) is 5.59. The number of aromatic nitrogens is 1.